The first-order valence-electron chi connectivity index (χ1n) is 5.66. The van der Waals surface area contributed by atoms with Crippen molar-refractivity contribution in [3.05, 3.63) is 42.5 Å². The maximum absolute atomic E-state index is 12.0. The zero-order chi connectivity index (χ0) is 13.0. The van der Waals surface area contributed by atoms with Crippen molar-refractivity contribution < 1.29 is 4.79 Å². The average molecular weight is 245 g/mol. The molecule has 94 valence electrons. The largest absolute Gasteiger partial charge is 0.324 e. The Labute approximate surface area is 105 Å². The minimum Gasteiger partial charge on any atom is -0.324 e. The first-order valence-corrected chi connectivity index (χ1v) is 5.66. The second-order valence-electron chi connectivity index (χ2n) is 3.88. The van der Waals surface area contributed by atoms with Crippen molar-refractivity contribution in [3.63, 3.8) is 0 Å². The summed E-state index contributed by atoms with van der Waals surface area (Å²) in [7, 11) is 0. The van der Waals surface area contributed by atoms with E-state index in [4.69, 9.17) is 5.73 Å². The zero-order valence-corrected chi connectivity index (χ0v) is 10.1. The molecule has 0 bridgehead atoms. The Hall–Kier alpha value is -2.21. The van der Waals surface area contributed by atoms with E-state index in [1.165, 1.54) is 11.0 Å². The van der Waals surface area contributed by atoms with E-state index >= 15 is 0 Å². The number of nitrogens with one attached hydrogen (secondary N) is 1. The molecule has 0 spiro atoms. The lowest BCUT2D eigenvalue weighted by atomic mass is 10.3. The summed E-state index contributed by atoms with van der Waals surface area (Å²) >= 11 is 0. The Kier molecular flexibility index (Phi) is 3.69. The molecule has 2 rings (SSSR count). The van der Waals surface area contributed by atoms with Gasteiger partial charge in [-0.3, -0.25) is 4.79 Å². The van der Waals surface area contributed by atoms with E-state index in [1.807, 2.05) is 30.3 Å². The number of hydrogen-bond donors (Lipinski definition) is 2. The van der Waals surface area contributed by atoms with Crippen LogP contribution in [0.25, 0.3) is 0 Å². The van der Waals surface area contributed by atoms with Crippen LogP contribution in [0, 0.1) is 0 Å². The van der Waals surface area contributed by atoms with Gasteiger partial charge in [0.05, 0.1) is 6.54 Å². The molecule has 0 saturated carbocycles. The number of nitrogens with two attached hydrogens (primary N) is 1. The SMILES string of the molecule is CC(C(=O)Nc1ccccc1)n1cnc(CN)n1. The van der Waals surface area contributed by atoms with Gasteiger partial charge in [-0.15, -0.1) is 0 Å². The highest BCUT2D eigenvalue weighted by Gasteiger charge is 2.16. The van der Waals surface area contributed by atoms with Crippen molar-refractivity contribution in [1.82, 2.24) is 14.8 Å². The molecule has 0 aliphatic heterocycles. The van der Waals surface area contributed by atoms with Crippen molar-refractivity contribution in [1.29, 1.82) is 0 Å². The van der Waals surface area contributed by atoms with Gasteiger partial charge in [0, 0.05) is 5.69 Å². The van der Waals surface area contributed by atoms with Gasteiger partial charge in [0.15, 0.2) is 5.82 Å². The van der Waals surface area contributed by atoms with Crippen LogP contribution in [-0.4, -0.2) is 20.7 Å². The highest BCUT2D eigenvalue weighted by atomic mass is 16.2. The Morgan fingerprint density at radius 2 is 2.17 bits per heavy atom. The molecule has 1 atom stereocenters. The number of nitrogens with zero attached hydrogens (tertiary/aromatic N) is 3. The minimum atomic E-state index is -0.432. The topological polar surface area (TPSA) is 85.8 Å². The molecule has 3 N–H and O–H groups in total. The van der Waals surface area contributed by atoms with Crippen LogP contribution < -0.4 is 11.1 Å². The monoisotopic (exact) mass is 245 g/mol. The summed E-state index contributed by atoms with van der Waals surface area (Å²) < 4.78 is 1.50. The van der Waals surface area contributed by atoms with E-state index in [2.05, 4.69) is 15.4 Å². The van der Waals surface area contributed by atoms with Gasteiger partial charge in [0.25, 0.3) is 0 Å². The molecule has 18 heavy (non-hydrogen) atoms. The Morgan fingerprint density at radius 1 is 1.44 bits per heavy atom. The number of hydrogen-bond acceptors (Lipinski definition) is 4. The van der Waals surface area contributed by atoms with Crippen LogP contribution in [0.15, 0.2) is 36.7 Å². The Balaban J connectivity index is 2.05. The summed E-state index contributed by atoms with van der Waals surface area (Å²) in [6, 6.07) is 8.85. The van der Waals surface area contributed by atoms with E-state index in [1.54, 1.807) is 6.92 Å². The van der Waals surface area contributed by atoms with Gasteiger partial charge in [-0.05, 0) is 19.1 Å². The summed E-state index contributed by atoms with van der Waals surface area (Å²) in [6.07, 6.45) is 1.51. The smallest absolute Gasteiger partial charge is 0.249 e. The summed E-state index contributed by atoms with van der Waals surface area (Å²) in [5, 5.41) is 6.92. The van der Waals surface area contributed by atoms with Gasteiger partial charge < -0.3 is 11.1 Å². The van der Waals surface area contributed by atoms with Crippen molar-refractivity contribution in [2.45, 2.75) is 19.5 Å². The van der Waals surface area contributed by atoms with Crippen molar-refractivity contribution >= 4 is 11.6 Å². The fourth-order valence-electron chi connectivity index (χ4n) is 1.48. The molecule has 0 saturated heterocycles. The number of para-hydroxylation sites is 1. The molecule has 0 aliphatic carbocycles. The van der Waals surface area contributed by atoms with Gasteiger partial charge in [0.2, 0.25) is 5.91 Å². The van der Waals surface area contributed by atoms with Gasteiger partial charge in [-0.2, -0.15) is 5.10 Å². The third-order valence-corrected chi connectivity index (χ3v) is 2.56. The van der Waals surface area contributed by atoms with E-state index in [9.17, 15) is 4.79 Å². The number of carbonyl (C=O) groups is 1. The second kappa shape index (κ2) is 5.42. The molecule has 1 aromatic heterocycles. The molecule has 6 nitrogen and oxygen atoms in total. The minimum absolute atomic E-state index is 0.144. The number of carbonyl (C=O) groups excluding carboxylic acids is 1. The Bertz CT molecular complexity index is 522. The van der Waals surface area contributed by atoms with Gasteiger partial charge in [0.1, 0.15) is 12.4 Å². The van der Waals surface area contributed by atoms with Crippen molar-refractivity contribution in [2.24, 2.45) is 5.73 Å². The normalized spacial score (nSPS) is 12.1. The summed E-state index contributed by atoms with van der Waals surface area (Å²) in [5.74, 6) is 0.379. The molecular formula is C12H15N5O. The third-order valence-electron chi connectivity index (χ3n) is 2.56. The number of benzene rings is 1. The van der Waals surface area contributed by atoms with E-state index in [0.717, 1.165) is 5.69 Å². The summed E-state index contributed by atoms with van der Waals surface area (Å²) in [6.45, 7) is 2.02. The van der Waals surface area contributed by atoms with E-state index in [0.29, 0.717) is 5.82 Å². The van der Waals surface area contributed by atoms with E-state index < -0.39 is 6.04 Å². The van der Waals surface area contributed by atoms with Crippen LogP contribution in [-0.2, 0) is 11.3 Å². The third kappa shape index (κ3) is 2.72. The van der Waals surface area contributed by atoms with Crippen LogP contribution >= 0.6 is 0 Å². The van der Waals surface area contributed by atoms with E-state index in [-0.39, 0.29) is 12.5 Å². The number of anilines is 1. The van der Waals surface area contributed by atoms with Crippen LogP contribution in [0.3, 0.4) is 0 Å². The predicted octanol–water partition coefficient (Wildman–Crippen LogP) is 0.936. The van der Waals surface area contributed by atoms with Crippen LogP contribution in [0.5, 0.6) is 0 Å². The lowest BCUT2D eigenvalue weighted by Gasteiger charge is -2.11. The highest BCUT2D eigenvalue weighted by Crippen LogP contribution is 2.10. The van der Waals surface area contributed by atoms with Crippen LogP contribution in [0.1, 0.15) is 18.8 Å². The number of amides is 1. The molecule has 1 amide bonds. The lowest BCUT2D eigenvalue weighted by molar-refractivity contribution is -0.119. The van der Waals surface area contributed by atoms with Crippen LogP contribution in [0.2, 0.25) is 0 Å². The summed E-state index contributed by atoms with van der Waals surface area (Å²) in [4.78, 5) is 16.0. The first-order chi connectivity index (χ1) is 8.70. The standard InChI is InChI=1S/C12H15N5O/c1-9(17-8-14-11(7-13)16-17)12(18)15-10-5-3-2-4-6-10/h2-6,8-9H,7,13H2,1H3,(H,15,18). The number of aromatic nitrogens is 3. The quantitative estimate of drug-likeness (QED) is 0.839. The zero-order valence-electron chi connectivity index (χ0n) is 10.1. The van der Waals surface area contributed by atoms with Crippen molar-refractivity contribution in [3.8, 4) is 0 Å². The lowest BCUT2D eigenvalue weighted by Crippen LogP contribution is -2.24. The molecule has 1 aromatic carbocycles. The molecule has 6 heteroatoms. The Morgan fingerprint density at radius 3 is 2.78 bits per heavy atom. The fraction of sp³-hybridized carbons (Fsp3) is 0.250. The molecule has 2 aromatic rings. The molecular weight excluding hydrogens is 230 g/mol. The maximum atomic E-state index is 12.0. The molecule has 1 heterocycles. The number of rotatable bonds is 4. The fourth-order valence-corrected chi connectivity index (χ4v) is 1.48. The van der Waals surface area contributed by atoms with Gasteiger partial charge in [-0.1, -0.05) is 18.2 Å². The van der Waals surface area contributed by atoms with Crippen LogP contribution in [0.4, 0.5) is 5.69 Å². The average Bonchev–Trinajstić information content (AvgIpc) is 2.87. The molecule has 0 radical (unpaired) electrons. The molecule has 1 unspecified atom stereocenters. The van der Waals surface area contributed by atoms with Gasteiger partial charge >= 0.3 is 0 Å². The molecule has 0 aliphatic rings. The first kappa shape index (κ1) is 12.3. The van der Waals surface area contributed by atoms with Crippen molar-refractivity contribution in [2.75, 3.05) is 5.32 Å². The second-order valence-corrected chi connectivity index (χ2v) is 3.88. The maximum Gasteiger partial charge on any atom is 0.249 e. The molecule has 0 fully saturated rings. The highest BCUT2D eigenvalue weighted by molar-refractivity contribution is 5.93. The summed E-state index contributed by atoms with van der Waals surface area (Å²) in [5.41, 5.74) is 6.18. The predicted molar refractivity (Wildman–Crippen MR) is 67.7 cm³/mol. The van der Waals surface area contributed by atoms with Gasteiger partial charge in [-0.25, -0.2) is 9.67 Å².